The number of primary amides is 1. The number of aliphatic carboxylic acids is 1. The normalized spacial score (nSPS) is 16.4. The Labute approximate surface area is 735 Å². The van der Waals surface area contributed by atoms with Gasteiger partial charge in [0.1, 0.15) is 83.6 Å². The fraction of sp³-hybridized carbons (Fsp3) is 0.453. The topological polar surface area (TPSA) is 617 Å². The fourth-order valence-electron chi connectivity index (χ4n) is 14.9. The number of aromatic nitrogens is 1. The van der Waals surface area contributed by atoms with Gasteiger partial charge in [-0.1, -0.05) is 94.4 Å². The van der Waals surface area contributed by atoms with Crippen LogP contribution >= 0.6 is 22.6 Å². The molecule has 1 aromatic heterocycles. The van der Waals surface area contributed by atoms with E-state index < -0.39 is 191 Å². The van der Waals surface area contributed by atoms with Crippen LogP contribution in [-0.2, 0) is 99.2 Å². The number of aliphatic hydroxyl groups is 1. The highest BCUT2D eigenvalue weighted by molar-refractivity contribution is 14.1. The summed E-state index contributed by atoms with van der Waals surface area (Å²) >= 11 is 1.56. The molecule has 0 saturated carbocycles. The maximum absolute atomic E-state index is 15.3. The number of nitrogens with one attached hydrogen (secondary N) is 13. The number of nitrogens with zero attached hydrogens (tertiary/aromatic N) is 2. The lowest BCUT2D eigenvalue weighted by Gasteiger charge is -2.34. The van der Waals surface area contributed by atoms with Crippen LogP contribution < -0.4 is 75.7 Å². The lowest BCUT2D eigenvalue weighted by atomic mass is 10.00. The average molecular weight is 1850 g/mol. The Balaban J connectivity index is 0.964. The molecule has 38 nitrogen and oxygen atoms in total. The number of aromatic hydroxyl groups is 4. The number of aliphatic hydroxyl groups excluding tert-OH is 1. The number of carbonyl (C=O) groups is 14. The van der Waals surface area contributed by atoms with Crippen molar-refractivity contribution in [2.45, 2.75) is 209 Å². The zero-order chi connectivity index (χ0) is 91.3. The van der Waals surface area contributed by atoms with E-state index in [2.05, 4.69) is 63.5 Å². The van der Waals surface area contributed by atoms with Crippen LogP contribution in [0.25, 0.3) is 10.9 Å². The van der Waals surface area contributed by atoms with Gasteiger partial charge in [0.05, 0.1) is 31.1 Å². The molecule has 3 heterocycles. The number of aromatic amines is 1. The molecular weight excluding hydrogens is 1730 g/mol. The molecule has 674 valence electrons. The number of carboxylic acids is 1. The summed E-state index contributed by atoms with van der Waals surface area (Å²) in [6.07, 6.45) is -2.06. The third-order valence-electron chi connectivity index (χ3n) is 21.3. The second-order valence-electron chi connectivity index (χ2n) is 32.2. The fourth-order valence-corrected chi connectivity index (χ4v) is 15.3. The van der Waals surface area contributed by atoms with Gasteiger partial charge in [-0.05, 0) is 165 Å². The van der Waals surface area contributed by atoms with Crippen molar-refractivity contribution in [1.82, 2.24) is 73.3 Å². The van der Waals surface area contributed by atoms with Crippen molar-refractivity contribution in [1.29, 1.82) is 5.41 Å². The number of carboxylic acid groups (broad SMARTS) is 1. The first kappa shape index (κ1) is 97.9. The number of rotatable bonds is 47. The van der Waals surface area contributed by atoms with E-state index in [1.54, 1.807) is 74.7 Å². The highest BCUT2D eigenvalue weighted by Crippen LogP contribution is 2.27. The first-order valence-electron chi connectivity index (χ1n) is 41.3. The van der Waals surface area contributed by atoms with E-state index in [0.29, 0.717) is 27.8 Å². The molecular formula is C86H113IN18O20. The number of hydrogen-bond donors (Lipinski definition) is 22. The molecule has 2 aliphatic rings. The molecule has 5 aromatic carbocycles. The third-order valence-corrected chi connectivity index (χ3v) is 22.0. The van der Waals surface area contributed by atoms with Gasteiger partial charge in [0.25, 0.3) is 0 Å². The zero-order valence-electron chi connectivity index (χ0n) is 69.8. The summed E-state index contributed by atoms with van der Waals surface area (Å²) in [6, 6.07) is 14.0. The Morgan fingerprint density at radius 3 is 1.49 bits per heavy atom. The molecule has 8 rings (SSSR count). The van der Waals surface area contributed by atoms with Crippen molar-refractivity contribution in [3.63, 3.8) is 0 Å². The molecule has 1 unspecified atom stereocenters. The molecule has 39 heteroatoms. The van der Waals surface area contributed by atoms with Crippen molar-refractivity contribution in [3.8, 4) is 23.0 Å². The van der Waals surface area contributed by atoms with E-state index in [1.807, 2.05) is 18.2 Å². The number of H-pyrrole nitrogens is 1. The number of fused-ring (bicyclic) bond motifs is 1. The minimum Gasteiger partial charge on any atom is -0.508 e. The van der Waals surface area contributed by atoms with E-state index in [9.17, 15) is 83.4 Å². The number of guanidine groups is 1. The van der Waals surface area contributed by atoms with Gasteiger partial charge in [-0.15, -0.1) is 0 Å². The van der Waals surface area contributed by atoms with Gasteiger partial charge in [0.15, 0.2) is 5.96 Å². The van der Waals surface area contributed by atoms with E-state index in [1.165, 1.54) is 94.7 Å². The first-order valence-corrected chi connectivity index (χ1v) is 42.4. The molecule has 2 aliphatic heterocycles. The summed E-state index contributed by atoms with van der Waals surface area (Å²) in [5, 5.41) is 101. The molecule has 6 aromatic rings. The third kappa shape index (κ3) is 30.8. The summed E-state index contributed by atoms with van der Waals surface area (Å²) in [5.74, 6) is -13.1. The van der Waals surface area contributed by atoms with Gasteiger partial charge >= 0.3 is 5.97 Å². The van der Waals surface area contributed by atoms with Crippen LogP contribution in [0.2, 0.25) is 0 Å². The molecule has 2 saturated heterocycles. The lowest BCUT2D eigenvalue weighted by molar-refractivity contribution is -0.143. The van der Waals surface area contributed by atoms with Crippen molar-refractivity contribution in [3.05, 3.63) is 155 Å². The van der Waals surface area contributed by atoms with Gasteiger partial charge in [-0.25, -0.2) is 0 Å². The Kier molecular flexibility index (Phi) is 37.1. The maximum atomic E-state index is 15.3. The number of likely N-dealkylation sites (tertiary alicyclic amines) is 2. The Bertz CT molecular complexity index is 4770. The van der Waals surface area contributed by atoms with Crippen LogP contribution in [0.3, 0.4) is 0 Å². The van der Waals surface area contributed by atoms with Gasteiger partial charge in [0.2, 0.25) is 74.7 Å². The summed E-state index contributed by atoms with van der Waals surface area (Å²) in [4.78, 5) is 203. The van der Waals surface area contributed by atoms with Gasteiger partial charge in [-0.3, -0.25) is 77.8 Å². The largest absolute Gasteiger partial charge is 0.508 e. The standard InChI is InChI=1S/C86H113IN18O20/c1-46(2)36-63(76(116)94-45-72(111)95-66(42-52-44-93-59-11-6-5-10-57(52)59)80(120)98-62(74(87)114)39-49-17-25-54(107)26-18-49)100-77(117)60(31-32-73(112)113)96-78(118)64(37-47(3)4)101-82(122)69-13-8-34-104(69)84(124)61(12-7-33-92-86(90)91)97-79(119)65(40-50-19-27-55(108)28-20-50)102-83(123)70-14-9-35-105(70)85(125)68(41-51-21-29-56(109)30-22-51)103-81(121)67(43-71(89)110)99-75(115)58(88)38-48-15-23-53(106)24-16-48/h5-6,10-11,15-30,44,46-47,58,60-70,79,93,97,106-109,119H,7-9,12-14,31-43,45,88H2,1-4H3,(H2,89,110)(H,94,116)(H,95,111)(H,96,118)(H,98,120)(H,99,115)(H,100,117)(H,101,122)(H,102,123)(H,103,121)(H,112,113)(H4,90,91,92)/t58-,60+,61+,62+,63+,64+,65+,66+,67+,68+,69+,70+,79?/m1/s1. The SMILES string of the molecule is CC(C)C[C@H](NC(=O)[C@H](CCC(=O)O)NC(=O)[C@H](CC(C)C)NC(=O)[C@@H]1CCCN1C(=O)[C@H](CCCNC(=N)N)NC(O)[C@H](Cc1ccc(O)cc1)NC(=O)[C@@H]1CCCN1C(=O)[C@H](Cc1ccc(O)cc1)NC(=O)[C@H](CC(N)=O)NC(=O)[C@H](N)Cc1ccc(O)cc1)C(=O)NCC(=O)N[C@@H](Cc1c[nH]c2ccccc12)C(=O)N[C@@H](Cc1ccc(O)cc1)C(=O)I. The number of phenolic OH excluding ortho intramolecular Hbond substituents is 4. The number of hydrogen-bond acceptors (Lipinski definition) is 22. The molecule has 125 heavy (non-hydrogen) atoms. The molecule has 25 N–H and O–H groups in total. The molecule has 0 spiro atoms. The highest BCUT2D eigenvalue weighted by atomic mass is 127. The number of carbonyl (C=O) groups excluding carboxylic acids is 13. The monoisotopic (exact) mass is 1840 g/mol. The van der Waals surface area contributed by atoms with E-state index >= 15 is 14.4 Å². The summed E-state index contributed by atoms with van der Waals surface area (Å²) in [6.45, 7) is 6.23. The Hall–Kier alpha value is -12.5. The molecule has 2 fully saturated rings. The summed E-state index contributed by atoms with van der Waals surface area (Å²) < 4.78 is -0.423. The van der Waals surface area contributed by atoms with E-state index in [4.69, 9.17) is 22.6 Å². The van der Waals surface area contributed by atoms with Crippen LogP contribution in [0, 0.1) is 17.2 Å². The van der Waals surface area contributed by atoms with Crippen molar-refractivity contribution < 1.29 is 97.8 Å². The summed E-state index contributed by atoms with van der Waals surface area (Å²) in [7, 11) is 0. The lowest BCUT2D eigenvalue weighted by Crippen LogP contribution is -2.62. The quantitative estimate of drug-likeness (QED) is 0.00603. The number of phenols is 4. The second kappa shape index (κ2) is 47.4. The van der Waals surface area contributed by atoms with Crippen LogP contribution in [-0.4, -0.2) is 237 Å². The number of halogens is 1. The van der Waals surface area contributed by atoms with Crippen molar-refractivity contribution in [2.24, 2.45) is 29.0 Å². The first-order chi connectivity index (χ1) is 59.4. The van der Waals surface area contributed by atoms with Gasteiger partial charge < -0.3 is 116 Å². The minimum absolute atomic E-state index is 0.00585. The average Bonchev–Trinajstić information content (AvgIpc) is 1.73. The van der Waals surface area contributed by atoms with Crippen LogP contribution in [0.4, 0.5) is 0 Å². The molecule has 12 amide bonds. The van der Waals surface area contributed by atoms with Crippen LogP contribution in [0.15, 0.2) is 128 Å². The number of amides is 12. The van der Waals surface area contributed by atoms with E-state index in [-0.39, 0.29) is 138 Å². The smallest absolute Gasteiger partial charge is 0.303 e. The maximum Gasteiger partial charge on any atom is 0.303 e. The highest BCUT2D eigenvalue weighted by Gasteiger charge is 2.44. The van der Waals surface area contributed by atoms with E-state index in [0.717, 1.165) is 10.9 Å². The summed E-state index contributed by atoms with van der Waals surface area (Å²) in [5.41, 5.74) is 20.9. The number of benzene rings is 5. The predicted octanol–water partition coefficient (Wildman–Crippen LogP) is 0.141. The molecule has 0 bridgehead atoms. The van der Waals surface area contributed by atoms with Crippen LogP contribution in [0.1, 0.15) is 126 Å². The molecule has 0 aliphatic carbocycles. The van der Waals surface area contributed by atoms with Crippen molar-refractivity contribution >= 4 is 120 Å². The van der Waals surface area contributed by atoms with Gasteiger partial charge in [-0.2, -0.15) is 0 Å². The minimum atomic E-state index is -1.84. The van der Waals surface area contributed by atoms with Gasteiger partial charge in [0, 0.05) is 85.0 Å². The Morgan fingerprint density at radius 1 is 0.504 bits per heavy atom. The number of nitrogens with two attached hydrogens (primary N) is 3. The Morgan fingerprint density at radius 2 is 0.960 bits per heavy atom. The molecule has 0 radical (unpaired) electrons. The predicted molar refractivity (Wildman–Crippen MR) is 466 cm³/mol. The zero-order valence-corrected chi connectivity index (χ0v) is 72.0. The van der Waals surface area contributed by atoms with Crippen molar-refractivity contribution in [2.75, 3.05) is 26.2 Å². The number of para-hydroxylation sites is 1. The molecule has 13 atom stereocenters. The van der Waals surface area contributed by atoms with Crippen LogP contribution in [0.5, 0.6) is 23.0 Å². The second-order valence-corrected chi connectivity index (χ2v) is 33.2.